The van der Waals surface area contributed by atoms with Crippen molar-refractivity contribution in [3.05, 3.63) is 66.8 Å². The van der Waals surface area contributed by atoms with E-state index in [9.17, 15) is 9.59 Å². The molecule has 0 saturated carbocycles. The van der Waals surface area contributed by atoms with Gasteiger partial charge < -0.3 is 9.47 Å². The molecule has 0 aliphatic carbocycles. The van der Waals surface area contributed by atoms with Crippen molar-refractivity contribution in [3.8, 4) is 0 Å². The highest BCUT2D eigenvalue weighted by atomic mass is 16.5. The molecule has 0 atom stereocenters. The van der Waals surface area contributed by atoms with E-state index in [1.54, 1.807) is 13.8 Å². The number of rotatable bonds is 5. The maximum Gasteiger partial charge on any atom is 0.333 e. The average molecular weight is 346 g/mol. The Labute approximate surface area is 151 Å². The summed E-state index contributed by atoms with van der Waals surface area (Å²) in [7, 11) is 1.33. The molecule has 138 valence electrons. The van der Waals surface area contributed by atoms with Crippen molar-refractivity contribution < 1.29 is 19.1 Å². The minimum Gasteiger partial charge on any atom is -0.466 e. The molecule has 0 aromatic heterocycles. The van der Waals surface area contributed by atoms with Crippen molar-refractivity contribution in [2.45, 2.75) is 27.7 Å². The second-order valence-corrected chi connectivity index (χ2v) is 5.66. The van der Waals surface area contributed by atoms with Crippen LogP contribution in [0.4, 0.5) is 0 Å². The van der Waals surface area contributed by atoms with Crippen LogP contribution in [0.1, 0.15) is 33.3 Å². The Balaban J connectivity index is 0. The van der Waals surface area contributed by atoms with Crippen molar-refractivity contribution in [1.82, 2.24) is 0 Å². The van der Waals surface area contributed by atoms with Gasteiger partial charge in [-0.3, -0.25) is 0 Å². The minimum absolute atomic E-state index is 0.297. The molecule has 0 radical (unpaired) electrons. The summed E-state index contributed by atoms with van der Waals surface area (Å²) in [6.45, 7) is 18.1. The van der Waals surface area contributed by atoms with Gasteiger partial charge in [-0.15, -0.1) is 0 Å². The van der Waals surface area contributed by atoms with Crippen LogP contribution < -0.4 is 0 Å². The van der Waals surface area contributed by atoms with Crippen LogP contribution >= 0.6 is 0 Å². The summed E-state index contributed by atoms with van der Waals surface area (Å²) in [4.78, 5) is 20.9. The fourth-order valence-corrected chi connectivity index (χ4v) is 1.13. The monoisotopic (exact) mass is 346 g/mol. The lowest BCUT2D eigenvalue weighted by molar-refractivity contribution is -0.140. The first kappa shape index (κ1) is 24.6. The van der Waals surface area contributed by atoms with Crippen LogP contribution in [0.25, 0.3) is 6.08 Å². The summed E-state index contributed by atoms with van der Waals surface area (Å²) in [6.07, 6.45) is 1.83. The fourth-order valence-electron chi connectivity index (χ4n) is 1.13. The minimum atomic E-state index is -0.347. The highest BCUT2D eigenvalue weighted by Gasteiger charge is 2.03. The number of hydrogen-bond acceptors (Lipinski definition) is 4. The van der Waals surface area contributed by atoms with Gasteiger partial charge in [0.15, 0.2) is 0 Å². The van der Waals surface area contributed by atoms with Crippen LogP contribution in [0.2, 0.25) is 0 Å². The van der Waals surface area contributed by atoms with Gasteiger partial charge in [0.2, 0.25) is 0 Å². The summed E-state index contributed by atoms with van der Waals surface area (Å²) in [5.74, 6) is -0.253. The van der Waals surface area contributed by atoms with Crippen molar-refractivity contribution in [2.75, 3.05) is 13.7 Å². The third kappa shape index (κ3) is 16.0. The van der Waals surface area contributed by atoms with Gasteiger partial charge in [-0.1, -0.05) is 70.0 Å². The Morgan fingerprint density at radius 3 is 1.76 bits per heavy atom. The lowest BCUT2D eigenvalue weighted by Gasteiger charge is -2.05. The molecule has 1 aromatic carbocycles. The number of methoxy groups -OCH3 is 1. The van der Waals surface area contributed by atoms with E-state index in [1.807, 2.05) is 50.3 Å². The Morgan fingerprint density at radius 2 is 1.52 bits per heavy atom. The lowest BCUT2D eigenvalue weighted by Crippen LogP contribution is -2.09. The largest absolute Gasteiger partial charge is 0.466 e. The van der Waals surface area contributed by atoms with Crippen LogP contribution in [0.3, 0.4) is 0 Å². The van der Waals surface area contributed by atoms with E-state index in [2.05, 4.69) is 24.5 Å². The second kappa shape index (κ2) is 14.9. The molecule has 4 heteroatoms. The molecule has 4 nitrogen and oxygen atoms in total. The normalized spacial score (nSPS) is 8.72. The zero-order valence-corrected chi connectivity index (χ0v) is 16.0. The van der Waals surface area contributed by atoms with Crippen LogP contribution in [-0.2, 0) is 19.1 Å². The van der Waals surface area contributed by atoms with E-state index < -0.39 is 0 Å². The van der Waals surface area contributed by atoms with Crippen LogP contribution in [0.5, 0.6) is 0 Å². The fraction of sp³-hybridized carbons (Fsp3) is 0.333. The van der Waals surface area contributed by atoms with E-state index in [1.165, 1.54) is 12.7 Å². The van der Waals surface area contributed by atoms with E-state index in [-0.39, 0.29) is 11.9 Å². The van der Waals surface area contributed by atoms with Gasteiger partial charge in [-0.05, 0) is 25.3 Å². The van der Waals surface area contributed by atoms with E-state index in [0.29, 0.717) is 23.7 Å². The predicted molar refractivity (Wildman–Crippen MR) is 104 cm³/mol. The molecule has 1 aromatic rings. The van der Waals surface area contributed by atoms with E-state index in [4.69, 9.17) is 4.74 Å². The van der Waals surface area contributed by atoms with Crippen molar-refractivity contribution >= 4 is 18.0 Å². The van der Waals surface area contributed by atoms with Crippen LogP contribution in [0.15, 0.2) is 61.2 Å². The molecule has 0 spiro atoms. The molecule has 0 unspecified atom stereocenters. The zero-order valence-electron chi connectivity index (χ0n) is 16.0. The lowest BCUT2D eigenvalue weighted by atomic mass is 10.2. The zero-order chi connectivity index (χ0) is 19.8. The predicted octanol–water partition coefficient (Wildman–Crippen LogP) is 4.83. The quantitative estimate of drug-likeness (QED) is 0.566. The van der Waals surface area contributed by atoms with Gasteiger partial charge in [0.25, 0.3) is 0 Å². The summed E-state index contributed by atoms with van der Waals surface area (Å²) < 4.78 is 9.10. The third-order valence-electron chi connectivity index (χ3n) is 2.47. The molecular weight excluding hydrogens is 316 g/mol. The third-order valence-corrected chi connectivity index (χ3v) is 2.47. The molecule has 0 fully saturated rings. The molecule has 0 aliphatic rings. The number of carbonyl (C=O) groups excluding carboxylic acids is 2. The maximum absolute atomic E-state index is 10.7. The molecule has 0 amide bonds. The summed E-state index contributed by atoms with van der Waals surface area (Å²) in [6, 6.07) is 10.0. The Kier molecular flexibility index (Phi) is 14.7. The first-order valence-corrected chi connectivity index (χ1v) is 7.89. The first-order chi connectivity index (χ1) is 11.6. The van der Waals surface area contributed by atoms with Crippen LogP contribution in [0, 0.1) is 5.92 Å². The van der Waals surface area contributed by atoms with Gasteiger partial charge in [0, 0.05) is 11.1 Å². The average Bonchev–Trinajstić information content (AvgIpc) is 2.60. The number of ether oxygens (including phenoxy) is 2. The smallest absolute Gasteiger partial charge is 0.333 e. The molecule has 0 aliphatic heterocycles. The summed E-state index contributed by atoms with van der Waals surface area (Å²) >= 11 is 0. The van der Waals surface area contributed by atoms with Gasteiger partial charge in [-0.25, -0.2) is 9.59 Å². The van der Waals surface area contributed by atoms with Crippen LogP contribution in [-0.4, -0.2) is 25.7 Å². The molecule has 0 saturated heterocycles. The molecule has 0 N–H and O–H groups in total. The van der Waals surface area contributed by atoms with Crippen molar-refractivity contribution in [3.63, 3.8) is 0 Å². The number of hydrogen-bond donors (Lipinski definition) is 0. The molecule has 1 rings (SSSR count). The van der Waals surface area contributed by atoms with Gasteiger partial charge in [0.1, 0.15) is 0 Å². The summed E-state index contributed by atoms with van der Waals surface area (Å²) in [5, 5.41) is 0. The Bertz CT molecular complexity index is 557. The maximum atomic E-state index is 10.7. The van der Waals surface area contributed by atoms with Gasteiger partial charge >= 0.3 is 11.9 Å². The standard InChI is InChI=1S/C8H14O2.C8H8.C5H8O2/c1-6(2)5-10-8(9)7(3)4;1-2-8-6-4-3-5-7-8;1-4(2)5(6)7-3/h6H,3,5H2,1-2,4H3;2-7H,1H2;1H2,2-3H3. The van der Waals surface area contributed by atoms with Crippen molar-refractivity contribution in [1.29, 1.82) is 0 Å². The second-order valence-electron chi connectivity index (χ2n) is 5.66. The van der Waals surface area contributed by atoms with Gasteiger partial charge in [-0.2, -0.15) is 0 Å². The molecule has 0 heterocycles. The van der Waals surface area contributed by atoms with Crippen molar-refractivity contribution in [2.24, 2.45) is 5.92 Å². The Hall–Kier alpha value is -2.62. The SMILES string of the molecule is C=C(C)C(=O)OC.C=C(C)C(=O)OCC(C)C.C=Cc1ccccc1. The first-order valence-electron chi connectivity index (χ1n) is 7.89. The van der Waals surface area contributed by atoms with E-state index in [0.717, 1.165) is 0 Å². The van der Waals surface area contributed by atoms with E-state index >= 15 is 0 Å². The Morgan fingerprint density at radius 1 is 1.04 bits per heavy atom. The molecule has 0 bridgehead atoms. The number of esters is 2. The van der Waals surface area contributed by atoms with Gasteiger partial charge in [0.05, 0.1) is 13.7 Å². The summed E-state index contributed by atoms with van der Waals surface area (Å²) in [5.41, 5.74) is 2.07. The topological polar surface area (TPSA) is 52.6 Å². The number of benzene rings is 1. The molecule has 25 heavy (non-hydrogen) atoms. The highest BCUT2D eigenvalue weighted by Crippen LogP contribution is 1.98. The number of carbonyl (C=O) groups is 2. The molecular formula is C21H30O4. The highest BCUT2D eigenvalue weighted by molar-refractivity contribution is 5.87.